The molecule has 0 amide bonds. The van der Waals surface area contributed by atoms with E-state index in [9.17, 15) is 4.79 Å². The first-order chi connectivity index (χ1) is 9.01. The molecule has 6 heteroatoms. The molecule has 0 aliphatic carbocycles. The van der Waals surface area contributed by atoms with Crippen molar-refractivity contribution in [3.05, 3.63) is 12.2 Å². The predicted molar refractivity (Wildman–Crippen MR) is 74.0 cm³/mol. The smallest absolute Gasteiger partial charge is 0.332 e. The molecule has 0 fully saturated rings. The van der Waals surface area contributed by atoms with E-state index in [2.05, 4.69) is 16.1 Å². The van der Waals surface area contributed by atoms with Crippen LogP contribution in [0.5, 0.6) is 0 Å². The number of carbonyl (C=O) groups is 1. The molecule has 0 unspecified atom stereocenters. The van der Waals surface area contributed by atoms with Gasteiger partial charge in [-0.2, -0.15) is 0 Å². The van der Waals surface area contributed by atoms with E-state index in [1.807, 2.05) is 13.8 Å². The Balaban J connectivity index is -0.000000206. The topological polar surface area (TPSA) is 85.2 Å². The molecule has 0 bridgehead atoms. The van der Waals surface area contributed by atoms with Gasteiger partial charge in [0.05, 0.1) is 33.5 Å². The Morgan fingerprint density at radius 3 is 1.58 bits per heavy atom. The highest BCUT2D eigenvalue weighted by Crippen LogP contribution is 1.87. The minimum absolute atomic E-state index is 0.0278. The average Bonchev–Trinajstić information content (AvgIpc) is 2.40. The Hall–Kier alpha value is -0.950. The fourth-order valence-electron chi connectivity index (χ4n) is 0.610. The van der Waals surface area contributed by atoms with Gasteiger partial charge in [0, 0.05) is 18.8 Å². The van der Waals surface area contributed by atoms with Gasteiger partial charge in [-0.15, -0.1) is 0 Å². The number of carbonyl (C=O) groups excluding carboxylic acids is 1. The quantitative estimate of drug-likeness (QED) is 0.407. The van der Waals surface area contributed by atoms with Crippen LogP contribution in [0.3, 0.4) is 0 Å². The van der Waals surface area contributed by atoms with Crippen molar-refractivity contribution in [3.63, 3.8) is 0 Å². The third-order valence-corrected chi connectivity index (χ3v) is 1.41. The van der Waals surface area contributed by atoms with Gasteiger partial charge < -0.3 is 24.4 Å². The zero-order valence-electron chi connectivity index (χ0n) is 12.5. The minimum Gasteiger partial charge on any atom is -0.466 e. The van der Waals surface area contributed by atoms with E-state index in [0.717, 1.165) is 13.2 Å². The third kappa shape index (κ3) is 31.6. The average molecular weight is 280 g/mol. The molecule has 0 saturated heterocycles. The van der Waals surface area contributed by atoms with Crippen molar-refractivity contribution in [3.8, 4) is 0 Å². The van der Waals surface area contributed by atoms with Crippen LogP contribution in [0.25, 0.3) is 0 Å². The predicted octanol–water partition coefficient (Wildman–Crippen LogP) is 0.766. The van der Waals surface area contributed by atoms with E-state index in [1.54, 1.807) is 6.92 Å². The molecule has 0 aromatic heterocycles. The first-order valence-electron chi connectivity index (χ1n) is 6.12. The lowest BCUT2D eigenvalue weighted by Gasteiger charge is -1.94. The summed E-state index contributed by atoms with van der Waals surface area (Å²) in [6.45, 7) is 11.3. The van der Waals surface area contributed by atoms with Crippen molar-refractivity contribution >= 4 is 5.97 Å². The van der Waals surface area contributed by atoms with Crippen LogP contribution in [0.4, 0.5) is 0 Å². The summed E-state index contributed by atoms with van der Waals surface area (Å²) in [7, 11) is 1.33. The lowest BCUT2D eigenvalue weighted by Crippen LogP contribution is -2.03. The number of esters is 1. The fourth-order valence-corrected chi connectivity index (χ4v) is 0.610. The molecule has 0 heterocycles. The number of methoxy groups -OCH3 is 1. The molecule has 0 aliphatic rings. The van der Waals surface area contributed by atoms with Crippen molar-refractivity contribution in [2.24, 2.45) is 0 Å². The van der Waals surface area contributed by atoms with Crippen molar-refractivity contribution in [1.29, 1.82) is 0 Å². The van der Waals surface area contributed by atoms with E-state index < -0.39 is 0 Å². The highest BCUT2D eigenvalue weighted by Gasteiger charge is 1.95. The largest absolute Gasteiger partial charge is 0.466 e. The molecule has 2 N–H and O–H groups in total. The standard InChI is InChI=1S/C5H8O2.C4H10O3.C4H10O/c1-4(2)5(6)7-3;5-1-3-7-4-2-6;1-3-5-4-2/h1H2,2-3H3;5-6H,1-4H2;3-4H2,1-2H3. The lowest BCUT2D eigenvalue weighted by atomic mass is 10.4. The monoisotopic (exact) mass is 280 g/mol. The minimum atomic E-state index is -0.347. The number of hydrogen-bond donors (Lipinski definition) is 2. The summed E-state index contributed by atoms with van der Waals surface area (Å²) in [6, 6.07) is 0. The highest BCUT2D eigenvalue weighted by molar-refractivity contribution is 5.86. The Bertz CT molecular complexity index is 188. The lowest BCUT2D eigenvalue weighted by molar-refractivity contribution is -0.136. The van der Waals surface area contributed by atoms with Gasteiger partial charge in [0.25, 0.3) is 0 Å². The van der Waals surface area contributed by atoms with Crippen LogP contribution in [0.15, 0.2) is 12.2 Å². The van der Waals surface area contributed by atoms with Crippen LogP contribution in [0.2, 0.25) is 0 Å². The van der Waals surface area contributed by atoms with E-state index >= 15 is 0 Å². The van der Waals surface area contributed by atoms with Crippen molar-refractivity contribution in [2.75, 3.05) is 46.8 Å². The Labute approximate surface area is 116 Å². The maximum Gasteiger partial charge on any atom is 0.332 e. The maximum atomic E-state index is 10.2. The van der Waals surface area contributed by atoms with Crippen LogP contribution in [0, 0.1) is 0 Å². The molecule has 116 valence electrons. The van der Waals surface area contributed by atoms with Gasteiger partial charge in [-0.05, 0) is 20.8 Å². The summed E-state index contributed by atoms with van der Waals surface area (Å²) in [5.41, 5.74) is 0.433. The van der Waals surface area contributed by atoms with Gasteiger partial charge in [0.1, 0.15) is 0 Å². The molecule has 0 aliphatic heterocycles. The second-order valence-corrected chi connectivity index (χ2v) is 3.11. The van der Waals surface area contributed by atoms with Crippen molar-refractivity contribution < 1.29 is 29.2 Å². The molecule has 0 radical (unpaired) electrons. The summed E-state index contributed by atoms with van der Waals surface area (Å²) >= 11 is 0. The van der Waals surface area contributed by atoms with Gasteiger partial charge in [-0.3, -0.25) is 0 Å². The summed E-state index contributed by atoms with van der Waals surface area (Å²) in [5, 5.41) is 16.2. The summed E-state index contributed by atoms with van der Waals surface area (Å²) in [6.07, 6.45) is 0. The Morgan fingerprint density at radius 1 is 1.05 bits per heavy atom. The zero-order chi connectivity index (χ0) is 15.5. The molecule has 19 heavy (non-hydrogen) atoms. The van der Waals surface area contributed by atoms with Crippen LogP contribution in [-0.4, -0.2) is 62.9 Å². The van der Waals surface area contributed by atoms with Crippen LogP contribution >= 0.6 is 0 Å². The van der Waals surface area contributed by atoms with Gasteiger partial charge >= 0.3 is 5.97 Å². The zero-order valence-corrected chi connectivity index (χ0v) is 12.5. The number of rotatable bonds is 7. The fraction of sp³-hybridized carbons (Fsp3) is 0.769. The van der Waals surface area contributed by atoms with E-state index in [-0.39, 0.29) is 19.2 Å². The number of aliphatic hydroxyl groups excluding tert-OH is 2. The first kappa shape index (κ1) is 23.2. The van der Waals surface area contributed by atoms with E-state index in [4.69, 9.17) is 14.9 Å². The molecular formula is C13H28O6. The van der Waals surface area contributed by atoms with Crippen LogP contribution < -0.4 is 0 Å². The van der Waals surface area contributed by atoms with Crippen LogP contribution in [0.1, 0.15) is 20.8 Å². The molecule has 6 nitrogen and oxygen atoms in total. The molecule has 0 saturated carbocycles. The van der Waals surface area contributed by atoms with E-state index in [1.165, 1.54) is 7.11 Å². The normalized spacial score (nSPS) is 8.53. The second kappa shape index (κ2) is 22.2. The Morgan fingerprint density at radius 2 is 1.47 bits per heavy atom. The second-order valence-electron chi connectivity index (χ2n) is 3.11. The van der Waals surface area contributed by atoms with Gasteiger partial charge in [0.15, 0.2) is 0 Å². The Kier molecular flexibility index (Phi) is 27.1. The van der Waals surface area contributed by atoms with Crippen molar-refractivity contribution in [1.82, 2.24) is 0 Å². The van der Waals surface area contributed by atoms with Gasteiger partial charge in [-0.1, -0.05) is 6.58 Å². The number of ether oxygens (including phenoxy) is 3. The van der Waals surface area contributed by atoms with Crippen LogP contribution in [-0.2, 0) is 19.0 Å². The third-order valence-electron chi connectivity index (χ3n) is 1.41. The number of hydrogen-bond acceptors (Lipinski definition) is 6. The highest BCUT2D eigenvalue weighted by atomic mass is 16.5. The first-order valence-corrected chi connectivity index (χ1v) is 6.12. The molecule has 0 rings (SSSR count). The maximum absolute atomic E-state index is 10.2. The summed E-state index contributed by atoms with van der Waals surface area (Å²) < 4.78 is 13.7. The van der Waals surface area contributed by atoms with Crippen molar-refractivity contribution in [2.45, 2.75) is 20.8 Å². The molecule has 0 spiro atoms. The number of aliphatic hydroxyl groups is 2. The molecular weight excluding hydrogens is 252 g/mol. The van der Waals surface area contributed by atoms with Gasteiger partial charge in [0.2, 0.25) is 0 Å². The molecule has 0 aromatic rings. The summed E-state index contributed by atoms with van der Waals surface area (Å²) in [5.74, 6) is -0.347. The van der Waals surface area contributed by atoms with Gasteiger partial charge in [-0.25, -0.2) is 4.79 Å². The summed E-state index contributed by atoms with van der Waals surface area (Å²) in [4.78, 5) is 10.2. The molecule has 0 atom stereocenters. The SMILES string of the molecule is C=C(C)C(=O)OC.CCOCC.OCCOCCO. The van der Waals surface area contributed by atoms with E-state index in [0.29, 0.717) is 18.8 Å². The molecule has 0 aromatic carbocycles.